The lowest BCUT2D eigenvalue weighted by molar-refractivity contribution is 0.101. The van der Waals surface area contributed by atoms with Gasteiger partial charge in [-0.25, -0.2) is 0 Å². The lowest BCUT2D eigenvalue weighted by atomic mass is 10.2. The molecule has 22 heavy (non-hydrogen) atoms. The van der Waals surface area contributed by atoms with Gasteiger partial charge in [-0.05, 0) is 43.3 Å². The number of rotatable bonds is 3. The second kappa shape index (κ2) is 6.23. The molecule has 1 fully saturated rings. The van der Waals surface area contributed by atoms with Crippen molar-refractivity contribution in [2.45, 2.75) is 6.92 Å². The van der Waals surface area contributed by atoms with Gasteiger partial charge in [-0.3, -0.25) is 4.79 Å². The number of nitrogens with one attached hydrogen (secondary N) is 1. The van der Waals surface area contributed by atoms with Gasteiger partial charge in [0.15, 0.2) is 0 Å². The van der Waals surface area contributed by atoms with Crippen molar-refractivity contribution < 1.29 is 9.53 Å². The molecule has 0 aliphatic carbocycles. The molecule has 0 saturated carbocycles. The number of carbonyl (C=O) groups excluding carboxylic acids is 1. The van der Waals surface area contributed by atoms with Crippen molar-refractivity contribution in [2.24, 2.45) is 7.05 Å². The molecule has 2 aromatic rings. The molecule has 1 aliphatic rings. The van der Waals surface area contributed by atoms with E-state index in [0.29, 0.717) is 5.69 Å². The molecule has 1 aliphatic heterocycles. The summed E-state index contributed by atoms with van der Waals surface area (Å²) in [6.07, 6.45) is 0. The maximum Gasteiger partial charge on any atom is 0.272 e. The van der Waals surface area contributed by atoms with E-state index in [9.17, 15) is 4.79 Å². The average Bonchev–Trinajstić information content (AvgIpc) is 2.88. The van der Waals surface area contributed by atoms with E-state index in [2.05, 4.69) is 10.2 Å². The van der Waals surface area contributed by atoms with Crippen molar-refractivity contribution >= 4 is 17.3 Å². The van der Waals surface area contributed by atoms with Crippen LogP contribution in [0.1, 0.15) is 16.2 Å². The van der Waals surface area contributed by atoms with Crippen LogP contribution in [0.2, 0.25) is 0 Å². The van der Waals surface area contributed by atoms with Gasteiger partial charge in [-0.2, -0.15) is 0 Å². The summed E-state index contributed by atoms with van der Waals surface area (Å²) in [6, 6.07) is 11.7. The van der Waals surface area contributed by atoms with Gasteiger partial charge >= 0.3 is 0 Å². The van der Waals surface area contributed by atoms with Crippen LogP contribution in [0.5, 0.6) is 0 Å². The van der Waals surface area contributed by atoms with Crippen molar-refractivity contribution in [1.29, 1.82) is 0 Å². The van der Waals surface area contributed by atoms with E-state index in [4.69, 9.17) is 4.74 Å². The Bertz CT molecular complexity index is 655. The van der Waals surface area contributed by atoms with Crippen molar-refractivity contribution in [3.63, 3.8) is 0 Å². The number of carbonyl (C=O) groups is 1. The van der Waals surface area contributed by atoms with Crippen LogP contribution in [-0.2, 0) is 11.8 Å². The molecule has 2 heterocycles. The maximum atomic E-state index is 12.3. The Kier molecular flexibility index (Phi) is 4.15. The van der Waals surface area contributed by atoms with Gasteiger partial charge < -0.3 is 19.5 Å². The highest BCUT2D eigenvalue weighted by atomic mass is 16.5. The fourth-order valence-corrected chi connectivity index (χ4v) is 2.61. The monoisotopic (exact) mass is 299 g/mol. The Balaban J connectivity index is 1.68. The minimum Gasteiger partial charge on any atom is -0.378 e. The summed E-state index contributed by atoms with van der Waals surface area (Å²) < 4.78 is 7.25. The minimum atomic E-state index is -0.0882. The van der Waals surface area contributed by atoms with E-state index in [1.807, 2.05) is 54.9 Å². The van der Waals surface area contributed by atoms with Crippen LogP contribution in [0, 0.1) is 6.92 Å². The zero-order valence-electron chi connectivity index (χ0n) is 13.0. The zero-order chi connectivity index (χ0) is 15.5. The molecule has 0 atom stereocenters. The Hall–Kier alpha value is -2.27. The van der Waals surface area contributed by atoms with E-state index < -0.39 is 0 Å². The first kappa shape index (κ1) is 14.7. The van der Waals surface area contributed by atoms with Gasteiger partial charge in [-0.1, -0.05) is 0 Å². The van der Waals surface area contributed by atoms with E-state index in [1.165, 1.54) is 0 Å². The summed E-state index contributed by atoms with van der Waals surface area (Å²) in [7, 11) is 1.89. The third-order valence-electron chi connectivity index (χ3n) is 4.11. The summed E-state index contributed by atoms with van der Waals surface area (Å²) in [5, 5.41) is 2.94. The van der Waals surface area contributed by atoms with E-state index in [1.54, 1.807) is 0 Å². The first-order valence-electron chi connectivity index (χ1n) is 7.51. The molecule has 0 radical (unpaired) electrons. The molecule has 0 spiro atoms. The van der Waals surface area contributed by atoms with Crippen LogP contribution in [0.15, 0.2) is 36.4 Å². The molecule has 3 rings (SSSR count). The number of aryl methyl sites for hydroxylation is 1. The number of anilines is 2. The highest BCUT2D eigenvalue weighted by Gasteiger charge is 2.13. The predicted molar refractivity (Wildman–Crippen MR) is 87.6 cm³/mol. The van der Waals surface area contributed by atoms with Gasteiger partial charge in [0.05, 0.1) is 13.2 Å². The topological polar surface area (TPSA) is 46.5 Å². The molecule has 5 nitrogen and oxygen atoms in total. The number of morpholine rings is 1. The average molecular weight is 299 g/mol. The van der Waals surface area contributed by atoms with E-state index in [0.717, 1.165) is 43.4 Å². The SMILES string of the molecule is Cc1ccc(C(=O)Nc2ccc(N3CCOCC3)cc2)n1C. The Morgan fingerprint density at radius 2 is 1.77 bits per heavy atom. The van der Waals surface area contributed by atoms with Crippen LogP contribution in [0.4, 0.5) is 11.4 Å². The summed E-state index contributed by atoms with van der Waals surface area (Å²) >= 11 is 0. The van der Waals surface area contributed by atoms with Crippen LogP contribution >= 0.6 is 0 Å². The number of aromatic nitrogens is 1. The molecule has 1 aromatic heterocycles. The predicted octanol–water partition coefficient (Wildman–Crippen LogP) is 2.42. The molecule has 1 saturated heterocycles. The highest BCUT2D eigenvalue weighted by Crippen LogP contribution is 2.19. The summed E-state index contributed by atoms with van der Waals surface area (Å²) in [6.45, 7) is 5.34. The smallest absolute Gasteiger partial charge is 0.272 e. The molecular weight excluding hydrogens is 278 g/mol. The Morgan fingerprint density at radius 1 is 1.09 bits per heavy atom. The van der Waals surface area contributed by atoms with E-state index in [-0.39, 0.29) is 5.91 Å². The molecule has 5 heteroatoms. The highest BCUT2D eigenvalue weighted by molar-refractivity contribution is 6.03. The minimum absolute atomic E-state index is 0.0882. The second-order valence-electron chi connectivity index (χ2n) is 5.52. The third kappa shape index (κ3) is 2.99. The standard InChI is InChI=1S/C17H21N3O2/c1-13-3-8-16(19(13)2)17(21)18-14-4-6-15(7-5-14)20-9-11-22-12-10-20/h3-8H,9-12H2,1-2H3,(H,18,21). The van der Waals surface area contributed by atoms with Crippen molar-refractivity contribution in [3.8, 4) is 0 Å². The van der Waals surface area contributed by atoms with Crippen molar-refractivity contribution in [1.82, 2.24) is 4.57 Å². The summed E-state index contributed by atoms with van der Waals surface area (Å²) in [5.41, 5.74) is 3.69. The summed E-state index contributed by atoms with van der Waals surface area (Å²) in [4.78, 5) is 14.6. The fraction of sp³-hybridized carbons (Fsp3) is 0.353. The van der Waals surface area contributed by atoms with Gasteiger partial charge in [-0.15, -0.1) is 0 Å². The molecule has 0 bridgehead atoms. The lowest BCUT2D eigenvalue weighted by Gasteiger charge is -2.28. The number of hydrogen-bond acceptors (Lipinski definition) is 3. The summed E-state index contributed by atoms with van der Waals surface area (Å²) in [5.74, 6) is -0.0882. The second-order valence-corrected chi connectivity index (χ2v) is 5.52. The molecule has 1 N–H and O–H groups in total. The third-order valence-corrected chi connectivity index (χ3v) is 4.11. The normalized spacial score (nSPS) is 14.9. The van der Waals surface area contributed by atoms with Crippen LogP contribution in [0.3, 0.4) is 0 Å². The first-order chi connectivity index (χ1) is 10.6. The number of amides is 1. The van der Waals surface area contributed by atoms with Gasteiger partial charge in [0, 0.05) is 37.2 Å². The van der Waals surface area contributed by atoms with Gasteiger partial charge in [0.2, 0.25) is 0 Å². The molecule has 1 amide bonds. The zero-order valence-corrected chi connectivity index (χ0v) is 13.0. The van der Waals surface area contributed by atoms with Crippen LogP contribution < -0.4 is 10.2 Å². The molecular formula is C17H21N3O2. The number of nitrogens with zero attached hydrogens (tertiary/aromatic N) is 2. The Morgan fingerprint density at radius 3 is 2.36 bits per heavy atom. The number of ether oxygens (including phenoxy) is 1. The Labute approximate surface area is 130 Å². The van der Waals surface area contributed by atoms with Crippen LogP contribution in [0.25, 0.3) is 0 Å². The quantitative estimate of drug-likeness (QED) is 0.947. The molecule has 0 unspecified atom stereocenters. The fourth-order valence-electron chi connectivity index (χ4n) is 2.61. The van der Waals surface area contributed by atoms with Crippen molar-refractivity contribution in [3.05, 3.63) is 47.8 Å². The van der Waals surface area contributed by atoms with Gasteiger partial charge in [0.25, 0.3) is 5.91 Å². The van der Waals surface area contributed by atoms with E-state index >= 15 is 0 Å². The lowest BCUT2D eigenvalue weighted by Crippen LogP contribution is -2.36. The van der Waals surface area contributed by atoms with Gasteiger partial charge in [0.1, 0.15) is 5.69 Å². The van der Waals surface area contributed by atoms with Crippen LogP contribution in [-0.4, -0.2) is 36.8 Å². The maximum absolute atomic E-state index is 12.3. The largest absolute Gasteiger partial charge is 0.378 e. The molecule has 116 valence electrons. The number of benzene rings is 1. The molecule has 1 aromatic carbocycles. The van der Waals surface area contributed by atoms with Crippen molar-refractivity contribution in [2.75, 3.05) is 36.5 Å². The first-order valence-corrected chi connectivity index (χ1v) is 7.51. The number of hydrogen-bond donors (Lipinski definition) is 1.